The van der Waals surface area contributed by atoms with Gasteiger partial charge in [0.25, 0.3) is 0 Å². The normalized spacial score (nSPS) is 10.3. The maximum atomic E-state index is 11.0. The van der Waals surface area contributed by atoms with Gasteiger partial charge in [-0.15, -0.1) is 0 Å². The third-order valence-electron chi connectivity index (χ3n) is 2.77. The largest absolute Gasteiger partial charge is 0.476 e. The van der Waals surface area contributed by atoms with E-state index in [4.69, 9.17) is 16.7 Å². The molecular weight excluding hydrogens is 264 g/mol. The minimum Gasteiger partial charge on any atom is -0.476 e. The first kappa shape index (κ1) is 13.4. The third kappa shape index (κ3) is 2.85. The number of aromatic carboxylic acids is 1. The summed E-state index contributed by atoms with van der Waals surface area (Å²) in [6.07, 6.45) is 0. The molecule has 0 amide bonds. The first-order valence-corrected chi connectivity index (χ1v) is 6.07. The average molecular weight is 277 g/mol. The van der Waals surface area contributed by atoms with Gasteiger partial charge >= 0.3 is 5.97 Å². The van der Waals surface area contributed by atoms with Crippen molar-refractivity contribution < 1.29 is 9.90 Å². The number of carboxylic acid groups (broad SMARTS) is 1. The Kier molecular flexibility index (Phi) is 3.71. The van der Waals surface area contributed by atoms with Gasteiger partial charge in [-0.3, -0.25) is 0 Å². The lowest BCUT2D eigenvalue weighted by Gasteiger charge is -2.19. The topological polar surface area (TPSA) is 53.4 Å². The lowest BCUT2D eigenvalue weighted by Crippen LogP contribution is -2.13. The van der Waals surface area contributed by atoms with Crippen molar-refractivity contribution >= 4 is 29.1 Å². The van der Waals surface area contributed by atoms with Gasteiger partial charge in [0, 0.05) is 12.7 Å². The number of aryl methyl sites for hydroxylation is 1. The van der Waals surface area contributed by atoms with Gasteiger partial charge in [-0.2, -0.15) is 0 Å². The molecule has 0 radical (unpaired) electrons. The highest BCUT2D eigenvalue weighted by Crippen LogP contribution is 2.25. The second kappa shape index (κ2) is 5.28. The van der Waals surface area contributed by atoms with Crippen molar-refractivity contribution in [3.05, 3.63) is 52.7 Å². The predicted molar refractivity (Wildman–Crippen MR) is 75.4 cm³/mol. The molecule has 4 nitrogen and oxygen atoms in total. The first-order valence-electron chi connectivity index (χ1n) is 5.69. The van der Waals surface area contributed by atoms with Gasteiger partial charge in [0.2, 0.25) is 0 Å². The van der Waals surface area contributed by atoms with Crippen molar-refractivity contribution in [1.82, 2.24) is 4.98 Å². The summed E-state index contributed by atoms with van der Waals surface area (Å²) in [5.41, 5.74) is 1.92. The van der Waals surface area contributed by atoms with Crippen LogP contribution in [0.15, 0.2) is 36.4 Å². The molecule has 2 aromatic rings. The molecule has 0 aliphatic rings. The summed E-state index contributed by atoms with van der Waals surface area (Å²) in [6, 6.07) is 11.1. The van der Waals surface area contributed by atoms with E-state index < -0.39 is 5.97 Å². The number of hydrogen-bond donors (Lipinski definition) is 1. The summed E-state index contributed by atoms with van der Waals surface area (Å²) in [4.78, 5) is 16.9. The van der Waals surface area contributed by atoms with E-state index in [0.717, 1.165) is 11.3 Å². The van der Waals surface area contributed by atoms with Gasteiger partial charge in [-0.1, -0.05) is 23.7 Å². The zero-order chi connectivity index (χ0) is 14.0. The summed E-state index contributed by atoms with van der Waals surface area (Å²) in [5.74, 6) is -0.600. The molecule has 1 heterocycles. The van der Waals surface area contributed by atoms with Crippen LogP contribution in [0.2, 0.25) is 5.02 Å². The second-order valence-electron chi connectivity index (χ2n) is 4.20. The SMILES string of the molecule is Cc1cccc(N(C)c2ccc(Cl)c(C(=O)O)n2)c1. The number of halogens is 1. The Hall–Kier alpha value is -2.07. The van der Waals surface area contributed by atoms with Crippen LogP contribution in [0.25, 0.3) is 0 Å². The molecule has 0 saturated heterocycles. The highest BCUT2D eigenvalue weighted by atomic mass is 35.5. The van der Waals surface area contributed by atoms with E-state index in [1.807, 2.05) is 43.1 Å². The standard InChI is InChI=1S/C14H13ClN2O2/c1-9-4-3-5-10(8-9)17(2)12-7-6-11(15)13(16-12)14(18)19/h3-8H,1-2H3,(H,18,19). The Bertz CT molecular complexity index is 629. The summed E-state index contributed by atoms with van der Waals surface area (Å²) < 4.78 is 0. The molecule has 0 aliphatic heterocycles. The van der Waals surface area contributed by atoms with Crippen molar-refractivity contribution in [2.45, 2.75) is 6.92 Å². The van der Waals surface area contributed by atoms with Crippen LogP contribution in [0.5, 0.6) is 0 Å². The average Bonchev–Trinajstić information content (AvgIpc) is 2.38. The highest BCUT2D eigenvalue weighted by molar-refractivity contribution is 6.33. The molecule has 5 heteroatoms. The quantitative estimate of drug-likeness (QED) is 0.932. The molecule has 0 saturated carbocycles. The van der Waals surface area contributed by atoms with Gasteiger partial charge in [-0.25, -0.2) is 9.78 Å². The number of rotatable bonds is 3. The summed E-state index contributed by atoms with van der Waals surface area (Å²) in [6.45, 7) is 2.00. The maximum Gasteiger partial charge on any atom is 0.356 e. The summed E-state index contributed by atoms with van der Waals surface area (Å²) >= 11 is 5.81. The van der Waals surface area contributed by atoms with E-state index in [9.17, 15) is 4.79 Å². The van der Waals surface area contributed by atoms with Crippen molar-refractivity contribution in [3.8, 4) is 0 Å². The van der Waals surface area contributed by atoms with E-state index in [1.165, 1.54) is 0 Å². The lowest BCUT2D eigenvalue weighted by atomic mass is 10.2. The maximum absolute atomic E-state index is 11.0. The van der Waals surface area contributed by atoms with Crippen LogP contribution in [0, 0.1) is 6.92 Å². The third-order valence-corrected chi connectivity index (χ3v) is 3.07. The van der Waals surface area contributed by atoms with Crippen LogP contribution in [-0.2, 0) is 0 Å². The Labute approximate surface area is 116 Å². The minimum atomic E-state index is -1.13. The Morgan fingerprint density at radius 2 is 2.05 bits per heavy atom. The van der Waals surface area contributed by atoms with E-state index in [1.54, 1.807) is 12.1 Å². The fraction of sp³-hybridized carbons (Fsp3) is 0.143. The molecule has 2 rings (SSSR count). The van der Waals surface area contributed by atoms with E-state index in [0.29, 0.717) is 5.82 Å². The second-order valence-corrected chi connectivity index (χ2v) is 4.61. The molecule has 1 N–H and O–H groups in total. The van der Waals surface area contributed by atoms with E-state index in [-0.39, 0.29) is 10.7 Å². The van der Waals surface area contributed by atoms with Gasteiger partial charge in [-0.05, 0) is 36.8 Å². The summed E-state index contributed by atoms with van der Waals surface area (Å²) in [7, 11) is 1.83. The number of pyridine rings is 1. The lowest BCUT2D eigenvalue weighted by molar-refractivity contribution is 0.0691. The van der Waals surface area contributed by atoms with Crippen molar-refractivity contribution in [2.75, 3.05) is 11.9 Å². The van der Waals surface area contributed by atoms with Crippen LogP contribution >= 0.6 is 11.6 Å². The fourth-order valence-corrected chi connectivity index (χ4v) is 1.92. The number of aromatic nitrogens is 1. The number of hydrogen-bond acceptors (Lipinski definition) is 3. The first-order chi connectivity index (χ1) is 8.99. The molecule has 1 aromatic heterocycles. The molecule has 19 heavy (non-hydrogen) atoms. The van der Waals surface area contributed by atoms with E-state index in [2.05, 4.69) is 4.98 Å². The van der Waals surface area contributed by atoms with Crippen LogP contribution in [-0.4, -0.2) is 23.1 Å². The zero-order valence-corrected chi connectivity index (χ0v) is 11.3. The van der Waals surface area contributed by atoms with Gasteiger partial charge < -0.3 is 10.0 Å². The van der Waals surface area contributed by atoms with Crippen LogP contribution in [0.1, 0.15) is 16.1 Å². The number of benzene rings is 1. The molecule has 0 spiro atoms. The van der Waals surface area contributed by atoms with Gasteiger partial charge in [0.15, 0.2) is 5.69 Å². The smallest absolute Gasteiger partial charge is 0.356 e. The predicted octanol–water partition coefficient (Wildman–Crippen LogP) is 3.51. The molecule has 98 valence electrons. The van der Waals surface area contributed by atoms with Crippen molar-refractivity contribution in [3.63, 3.8) is 0 Å². The Morgan fingerprint density at radius 1 is 1.32 bits per heavy atom. The Balaban J connectivity index is 2.42. The number of carbonyl (C=O) groups is 1. The highest BCUT2D eigenvalue weighted by Gasteiger charge is 2.14. The summed E-state index contributed by atoms with van der Waals surface area (Å²) in [5, 5.41) is 9.15. The van der Waals surface area contributed by atoms with Gasteiger partial charge in [0.05, 0.1) is 5.02 Å². The number of anilines is 2. The van der Waals surface area contributed by atoms with Crippen LogP contribution in [0.4, 0.5) is 11.5 Å². The molecule has 0 fully saturated rings. The molecular formula is C14H13ClN2O2. The minimum absolute atomic E-state index is 0.133. The fourth-order valence-electron chi connectivity index (χ4n) is 1.74. The molecule has 0 bridgehead atoms. The van der Waals surface area contributed by atoms with Crippen molar-refractivity contribution in [2.24, 2.45) is 0 Å². The van der Waals surface area contributed by atoms with Crippen molar-refractivity contribution in [1.29, 1.82) is 0 Å². The number of carboxylic acids is 1. The number of nitrogens with zero attached hydrogens (tertiary/aromatic N) is 2. The molecule has 0 aliphatic carbocycles. The van der Waals surface area contributed by atoms with Crippen LogP contribution in [0.3, 0.4) is 0 Å². The molecule has 0 unspecified atom stereocenters. The van der Waals surface area contributed by atoms with Crippen LogP contribution < -0.4 is 4.90 Å². The molecule has 1 aromatic carbocycles. The van der Waals surface area contributed by atoms with E-state index >= 15 is 0 Å². The monoisotopic (exact) mass is 276 g/mol. The molecule has 0 atom stereocenters. The van der Waals surface area contributed by atoms with Gasteiger partial charge in [0.1, 0.15) is 5.82 Å². The zero-order valence-electron chi connectivity index (χ0n) is 10.6. The Morgan fingerprint density at radius 3 is 2.68 bits per heavy atom.